The Hall–Kier alpha value is -1.98. The summed E-state index contributed by atoms with van der Waals surface area (Å²) in [6.45, 7) is -0.426. The first-order valence-electron chi connectivity index (χ1n) is 7.45. The zero-order valence-corrected chi connectivity index (χ0v) is 12.2. The molecule has 1 aliphatic rings. The summed E-state index contributed by atoms with van der Waals surface area (Å²) >= 11 is 0. The molecule has 0 unspecified atom stereocenters. The number of anilines is 1. The molecule has 2 rings (SSSR count). The molecule has 0 aromatic heterocycles. The van der Waals surface area contributed by atoms with Crippen molar-refractivity contribution in [3.63, 3.8) is 0 Å². The minimum Gasteiger partial charge on any atom is -0.456 e. The van der Waals surface area contributed by atoms with Crippen molar-refractivity contribution in [2.75, 3.05) is 11.9 Å². The second-order valence-corrected chi connectivity index (χ2v) is 5.55. The van der Waals surface area contributed by atoms with Gasteiger partial charge in [0.2, 0.25) is 0 Å². The lowest BCUT2D eigenvalue weighted by Crippen LogP contribution is -2.22. The number of ether oxygens (including phenoxy) is 1. The van der Waals surface area contributed by atoms with Crippen LogP contribution in [0.4, 0.5) is 14.5 Å². The fourth-order valence-corrected chi connectivity index (χ4v) is 2.60. The van der Waals surface area contributed by atoms with Crippen LogP contribution in [-0.2, 0) is 14.3 Å². The first-order chi connectivity index (χ1) is 10.5. The predicted octanol–water partition coefficient (Wildman–Crippen LogP) is 3.42. The van der Waals surface area contributed by atoms with E-state index in [0.717, 1.165) is 37.8 Å². The standard InChI is InChI=1S/C16H19F2NO3/c17-13-7-6-12(9-14(13)18)19-15(20)10-22-16(21)8-11-4-2-1-3-5-11/h6-7,9,11H,1-5,8,10H2,(H,19,20). The zero-order valence-electron chi connectivity index (χ0n) is 12.2. The Morgan fingerprint density at radius 2 is 1.86 bits per heavy atom. The van der Waals surface area contributed by atoms with Gasteiger partial charge in [0.15, 0.2) is 18.2 Å². The quantitative estimate of drug-likeness (QED) is 0.848. The van der Waals surface area contributed by atoms with Crippen molar-refractivity contribution in [2.45, 2.75) is 38.5 Å². The molecule has 0 saturated heterocycles. The van der Waals surface area contributed by atoms with E-state index in [-0.39, 0.29) is 5.69 Å². The van der Waals surface area contributed by atoms with Gasteiger partial charge >= 0.3 is 5.97 Å². The van der Waals surface area contributed by atoms with Crippen LogP contribution >= 0.6 is 0 Å². The van der Waals surface area contributed by atoms with E-state index in [0.29, 0.717) is 12.3 Å². The zero-order chi connectivity index (χ0) is 15.9. The van der Waals surface area contributed by atoms with E-state index in [2.05, 4.69) is 5.32 Å². The van der Waals surface area contributed by atoms with Gasteiger partial charge in [-0.3, -0.25) is 9.59 Å². The fraction of sp³-hybridized carbons (Fsp3) is 0.500. The largest absolute Gasteiger partial charge is 0.456 e. The average molecular weight is 311 g/mol. The smallest absolute Gasteiger partial charge is 0.306 e. The number of nitrogens with one attached hydrogen (secondary N) is 1. The maximum atomic E-state index is 13.0. The summed E-state index contributed by atoms with van der Waals surface area (Å²) in [5, 5.41) is 2.35. The number of esters is 1. The average Bonchev–Trinajstić information content (AvgIpc) is 2.50. The van der Waals surface area contributed by atoms with Crippen molar-refractivity contribution < 1.29 is 23.1 Å². The summed E-state index contributed by atoms with van der Waals surface area (Å²) in [6.07, 6.45) is 5.86. The highest BCUT2D eigenvalue weighted by atomic mass is 19.2. The molecule has 1 saturated carbocycles. The molecular weight excluding hydrogens is 292 g/mol. The predicted molar refractivity (Wildman–Crippen MR) is 77.1 cm³/mol. The summed E-state index contributed by atoms with van der Waals surface area (Å²) in [5.41, 5.74) is 0.118. The van der Waals surface area contributed by atoms with E-state index in [4.69, 9.17) is 4.74 Å². The highest BCUT2D eigenvalue weighted by Crippen LogP contribution is 2.26. The monoisotopic (exact) mass is 311 g/mol. The summed E-state index contributed by atoms with van der Waals surface area (Å²) < 4.78 is 30.7. The third-order valence-corrected chi connectivity index (χ3v) is 3.75. The van der Waals surface area contributed by atoms with Gasteiger partial charge in [-0.15, -0.1) is 0 Å². The van der Waals surface area contributed by atoms with Crippen molar-refractivity contribution >= 4 is 17.6 Å². The van der Waals surface area contributed by atoms with Crippen LogP contribution < -0.4 is 5.32 Å². The van der Waals surface area contributed by atoms with E-state index >= 15 is 0 Å². The lowest BCUT2D eigenvalue weighted by atomic mass is 9.87. The van der Waals surface area contributed by atoms with Gasteiger partial charge in [-0.25, -0.2) is 8.78 Å². The molecule has 1 amide bonds. The van der Waals surface area contributed by atoms with Crippen LogP contribution in [-0.4, -0.2) is 18.5 Å². The van der Waals surface area contributed by atoms with Gasteiger partial charge in [-0.1, -0.05) is 19.3 Å². The SMILES string of the molecule is O=C(COC(=O)CC1CCCCC1)Nc1ccc(F)c(F)c1. The van der Waals surface area contributed by atoms with Crippen LogP contribution in [0.15, 0.2) is 18.2 Å². The molecule has 1 aliphatic carbocycles. The maximum absolute atomic E-state index is 13.0. The molecule has 0 spiro atoms. The first kappa shape index (κ1) is 16.4. The van der Waals surface area contributed by atoms with E-state index in [1.165, 1.54) is 12.5 Å². The molecule has 0 aliphatic heterocycles. The van der Waals surface area contributed by atoms with Gasteiger partial charge in [0, 0.05) is 18.2 Å². The normalized spacial score (nSPS) is 15.4. The Morgan fingerprint density at radius 3 is 2.55 bits per heavy atom. The topological polar surface area (TPSA) is 55.4 Å². The van der Waals surface area contributed by atoms with Gasteiger partial charge < -0.3 is 10.1 Å². The number of carbonyl (C=O) groups is 2. The van der Waals surface area contributed by atoms with Gasteiger partial charge in [-0.2, -0.15) is 0 Å². The summed E-state index contributed by atoms with van der Waals surface area (Å²) in [7, 11) is 0. The Morgan fingerprint density at radius 1 is 1.14 bits per heavy atom. The molecule has 120 valence electrons. The molecule has 6 heteroatoms. The minimum absolute atomic E-state index is 0.118. The molecule has 1 aromatic rings. The van der Waals surface area contributed by atoms with Gasteiger partial charge in [-0.05, 0) is 30.9 Å². The number of rotatable bonds is 5. The Balaban J connectivity index is 1.72. The van der Waals surface area contributed by atoms with Crippen LogP contribution in [0, 0.1) is 17.6 Å². The summed E-state index contributed by atoms with van der Waals surface area (Å²) in [5.74, 6) is -2.67. The molecule has 0 atom stereocenters. The van der Waals surface area contributed by atoms with Gasteiger partial charge in [0.1, 0.15) is 0 Å². The Labute approximate surface area is 127 Å². The van der Waals surface area contributed by atoms with E-state index in [9.17, 15) is 18.4 Å². The Bertz CT molecular complexity index is 542. The molecule has 0 bridgehead atoms. The highest BCUT2D eigenvalue weighted by molar-refractivity contribution is 5.92. The highest BCUT2D eigenvalue weighted by Gasteiger charge is 2.18. The second-order valence-electron chi connectivity index (χ2n) is 5.55. The first-order valence-corrected chi connectivity index (χ1v) is 7.45. The lowest BCUT2D eigenvalue weighted by molar-refractivity contribution is -0.148. The number of benzene rings is 1. The number of carbonyl (C=O) groups excluding carboxylic acids is 2. The molecule has 0 heterocycles. The number of hydrogen-bond acceptors (Lipinski definition) is 3. The number of amides is 1. The molecular formula is C16H19F2NO3. The maximum Gasteiger partial charge on any atom is 0.306 e. The van der Waals surface area contributed by atoms with Crippen LogP contribution in [0.3, 0.4) is 0 Å². The van der Waals surface area contributed by atoms with Gasteiger partial charge in [0.05, 0.1) is 0 Å². The van der Waals surface area contributed by atoms with E-state index < -0.39 is 30.1 Å². The van der Waals surface area contributed by atoms with Crippen LogP contribution in [0.25, 0.3) is 0 Å². The third kappa shape index (κ3) is 5.09. The molecule has 22 heavy (non-hydrogen) atoms. The van der Waals surface area contributed by atoms with Crippen LogP contribution in [0.1, 0.15) is 38.5 Å². The van der Waals surface area contributed by atoms with Crippen molar-refractivity contribution in [3.8, 4) is 0 Å². The lowest BCUT2D eigenvalue weighted by Gasteiger charge is -2.20. The fourth-order valence-electron chi connectivity index (χ4n) is 2.60. The van der Waals surface area contributed by atoms with Crippen molar-refractivity contribution in [1.82, 2.24) is 0 Å². The molecule has 0 radical (unpaired) electrons. The van der Waals surface area contributed by atoms with E-state index in [1.807, 2.05) is 0 Å². The molecule has 1 fully saturated rings. The van der Waals surface area contributed by atoms with Crippen LogP contribution in [0.5, 0.6) is 0 Å². The minimum atomic E-state index is -1.05. The summed E-state index contributed by atoms with van der Waals surface area (Å²) in [6, 6.07) is 3.03. The molecule has 1 N–H and O–H groups in total. The second kappa shape index (κ2) is 7.87. The van der Waals surface area contributed by atoms with Crippen LogP contribution in [0.2, 0.25) is 0 Å². The van der Waals surface area contributed by atoms with Crippen molar-refractivity contribution in [3.05, 3.63) is 29.8 Å². The van der Waals surface area contributed by atoms with E-state index in [1.54, 1.807) is 0 Å². The number of halogens is 2. The van der Waals surface area contributed by atoms with Crippen molar-refractivity contribution in [2.24, 2.45) is 5.92 Å². The third-order valence-electron chi connectivity index (χ3n) is 3.75. The van der Waals surface area contributed by atoms with Crippen molar-refractivity contribution in [1.29, 1.82) is 0 Å². The summed E-state index contributed by atoms with van der Waals surface area (Å²) in [4.78, 5) is 23.3. The van der Waals surface area contributed by atoms with Gasteiger partial charge in [0.25, 0.3) is 5.91 Å². The number of hydrogen-bond donors (Lipinski definition) is 1. The Kier molecular flexibility index (Phi) is 5.86. The molecule has 4 nitrogen and oxygen atoms in total. The molecule has 1 aromatic carbocycles.